The molecule has 0 saturated carbocycles. The van der Waals surface area contributed by atoms with Crippen LogP contribution in [0.3, 0.4) is 0 Å². The van der Waals surface area contributed by atoms with E-state index in [-0.39, 0.29) is 5.69 Å². The van der Waals surface area contributed by atoms with Crippen molar-refractivity contribution in [2.75, 3.05) is 18.5 Å². The number of nitrogens with one attached hydrogen (secondary N) is 1. The number of anilines is 2. The highest BCUT2D eigenvalue weighted by molar-refractivity contribution is 5.85. The van der Waals surface area contributed by atoms with Crippen LogP contribution in [0.2, 0.25) is 0 Å². The predicted octanol–water partition coefficient (Wildman–Crippen LogP) is 1.69. The number of hydrogen-bond acceptors (Lipinski definition) is 6. The average molecular weight is 273 g/mol. The van der Waals surface area contributed by atoms with E-state index in [1.807, 2.05) is 6.07 Å². The van der Waals surface area contributed by atoms with E-state index in [0.717, 1.165) is 5.69 Å². The fourth-order valence-electron chi connectivity index (χ4n) is 1.77. The molecule has 0 bridgehead atoms. The zero-order valence-corrected chi connectivity index (χ0v) is 10.4. The summed E-state index contributed by atoms with van der Waals surface area (Å²) in [7, 11) is 0. The topological polar surface area (TPSA) is 93.6 Å². The van der Waals surface area contributed by atoms with Crippen molar-refractivity contribution in [2.24, 2.45) is 0 Å². The molecular weight excluding hydrogens is 262 g/mol. The summed E-state index contributed by atoms with van der Waals surface area (Å²) in [5.74, 6) is 0.709. The van der Waals surface area contributed by atoms with Crippen molar-refractivity contribution >= 4 is 17.5 Å². The molecule has 0 spiro atoms. The molecule has 7 heteroatoms. The van der Waals surface area contributed by atoms with Gasteiger partial charge in [-0.15, -0.1) is 0 Å². The molecule has 0 amide bonds. The van der Waals surface area contributed by atoms with E-state index in [0.29, 0.717) is 30.5 Å². The maximum Gasteiger partial charge on any atom is 0.356 e. The fraction of sp³-hybridized carbons (Fsp3) is 0.154. The van der Waals surface area contributed by atoms with E-state index in [4.69, 9.17) is 14.6 Å². The first-order chi connectivity index (χ1) is 9.72. The van der Waals surface area contributed by atoms with Crippen LogP contribution < -0.4 is 14.8 Å². The fourth-order valence-corrected chi connectivity index (χ4v) is 1.77. The number of aromatic nitrogens is 2. The monoisotopic (exact) mass is 273 g/mol. The number of hydrogen-bond donors (Lipinski definition) is 2. The predicted molar refractivity (Wildman–Crippen MR) is 69.7 cm³/mol. The molecule has 3 rings (SSSR count). The zero-order valence-electron chi connectivity index (χ0n) is 10.4. The molecule has 102 valence electrons. The standard InChI is InChI=1S/C13H11N3O4/c17-13(18)9-6-15-12(7-14-9)16-8-1-2-10-11(5-8)20-4-3-19-10/h1-2,5-7H,3-4H2,(H,15,16)(H,17,18). The van der Waals surface area contributed by atoms with Crippen LogP contribution in [-0.4, -0.2) is 34.3 Å². The van der Waals surface area contributed by atoms with Crippen LogP contribution in [0, 0.1) is 0 Å². The van der Waals surface area contributed by atoms with Crippen LogP contribution >= 0.6 is 0 Å². The lowest BCUT2D eigenvalue weighted by molar-refractivity contribution is 0.0690. The number of rotatable bonds is 3. The van der Waals surface area contributed by atoms with E-state index < -0.39 is 5.97 Å². The highest BCUT2D eigenvalue weighted by Crippen LogP contribution is 2.33. The summed E-state index contributed by atoms with van der Waals surface area (Å²) in [4.78, 5) is 18.4. The van der Waals surface area contributed by atoms with Crippen molar-refractivity contribution in [1.82, 2.24) is 9.97 Å². The van der Waals surface area contributed by atoms with Crippen molar-refractivity contribution in [2.45, 2.75) is 0 Å². The van der Waals surface area contributed by atoms with Gasteiger partial charge in [-0.25, -0.2) is 14.8 Å². The Balaban J connectivity index is 1.78. The van der Waals surface area contributed by atoms with E-state index in [2.05, 4.69) is 15.3 Å². The summed E-state index contributed by atoms with van der Waals surface area (Å²) < 4.78 is 10.9. The number of carboxylic acid groups (broad SMARTS) is 1. The number of benzene rings is 1. The summed E-state index contributed by atoms with van der Waals surface area (Å²) in [6.07, 6.45) is 2.56. The molecule has 0 aliphatic carbocycles. The van der Waals surface area contributed by atoms with E-state index in [9.17, 15) is 4.79 Å². The smallest absolute Gasteiger partial charge is 0.356 e. The molecule has 2 aromatic rings. The van der Waals surface area contributed by atoms with Crippen LogP contribution in [0.4, 0.5) is 11.5 Å². The Hall–Kier alpha value is -2.83. The van der Waals surface area contributed by atoms with Gasteiger partial charge in [0.15, 0.2) is 17.2 Å². The average Bonchev–Trinajstić information content (AvgIpc) is 2.48. The van der Waals surface area contributed by atoms with E-state index in [1.54, 1.807) is 12.1 Å². The number of ether oxygens (including phenoxy) is 2. The molecule has 2 N–H and O–H groups in total. The van der Waals surface area contributed by atoms with Gasteiger partial charge in [0, 0.05) is 11.8 Å². The summed E-state index contributed by atoms with van der Waals surface area (Å²) >= 11 is 0. The highest BCUT2D eigenvalue weighted by Gasteiger charge is 2.12. The Morgan fingerprint density at radius 2 is 1.95 bits per heavy atom. The van der Waals surface area contributed by atoms with Crippen LogP contribution in [0.15, 0.2) is 30.6 Å². The Labute approximate surface area is 114 Å². The molecule has 0 atom stereocenters. The second-order valence-corrected chi connectivity index (χ2v) is 4.08. The first-order valence-electron chi connectivity index (χ1n) is 5.94. The third kappa shape index (κ3) is 2.46. The first-order valence-corrected chi connectivity index (χ1v) is 5.94. The van der Waals surface area contributed by atoms with Crippen molar-refractivity contribution < 1.29 is 19.4 Å². The van der Waals surface area contributed by atoms with Crippen LogP contribution in [-0.2, 0) is 0 Å². The molecule has 20 heavy (non-hydrogen) atoms. The Bertz CT molecular complexity index is 643. The quantitative estimate of drug-likeness (QED) is 0.878. The normalized spacial score (nSPS) is 12.8. The lowest BCUT2D eigenvalue weighted by atomic mass is 10.2. The van der Waals surface area contributed by atoms with Gasteiger partial charge in [0.2, 0.25) is 0 Å². The lowest BCUT2D eigenvalue weighted by Gasteiger charge is -2.19. The molecule has 1 aliphatic heterocycles. The second kappa shape index (κ2) is 5.04. The van der Waals surface area contributed by atoms with Gasteiger partial charge in [0.1, 0.15) is 19.0 Å². The van der Waals surface area contributed by atoms with Gasteiger partial charge in [-0.05, 0) is 12.1 Å². The molecule has 0 fully saturated rings. The number of aromatic carboxylic acids is 1. The zero-order chi connectivity index (χ0) is 13.9. The Kier molecular flexibility index (Phi) is 3.08. The van der Waals surface area contributed by atoms with Crippen molar-refractivity contribution in [3.05, 3.63) is 36.3 Å². The molecule has 0 radical (unpaired) electrons. The maximum atomic E-state index is 10.7. The van der Waals surface area contributed by atoms with Crippen molar-refractivity contribution in [1.29, 1.82) is 0 Å². The highest BCUT2D eigenvalue weighted by atomic mass is 16.6. The summed E-state index contributed by atoms with van der Waals surface area (Å²) in [5, 5.41) is 11.8. The van der Waals surface area contributed by atoms with Gasteiger partial charge in [0.05, 0.1) is 12.4 Å². The summed E-state index contributed by atoms with van der Waals surface area (Å²) in [6.45, 7) is 1.06. The van der Waals surface area contributed by atoms with E-state index in [1.165, 1.54) is 12.4 Å². The van der Waals surface area contributed by atoms with Gasteiger partial charge in [-0.3, -0.25) is 0 Å². The minimum Gasteiger partial charge on any atom is -0.486 e. The van der Waals surface area contributed by atoms with Crippen LogP contribution in [0.25, 0.3) is 0 Å². The van der Waals surface area contributed by atoms with Gasteiger partial charge < -0.3 is 19.9 Å². The molecule has 2 heterocycles. The largest absolute Gasteiger partial charge is 0.486 e. The minimum atomic E-state index is -1.11. The minimum absolute atomic E-state index is 0.0993. The molecular formula is C13H11N3O4. The maximum absolute atomic E-state index is 10.7. The van der Waals surface area contributed by atoms with Crippen molar-refractivity contribution in [3.63, 3.8) is 0 Å². The lowest BCUT2D eigenvalue weighted by Crippen LogP contribution is -2.15. The number of fused-ring (bicyclic) bond motifs is 1. The SMILES string of the molecule is O=C(O)c1cnc(Nc2ccc3c(c2)OCCO3)cn1. The molecule has 1 aliphatic rings. The molecule has 0 saturated heterocycles. The Morgan fingerprint density at radius 3 is 2.65 bits per heavy atom. The number of carbonyl (C=O) groups is 1. The van der Waals surface area contributed by atoms with Crippen LogP contribution in [0.1, 0.15) is 10.5 Å². The third-order valence-electron chi connectivity index (χ3n) is 2.69. The van der Waals surface area contributed by atoms with Gasteiger partial charge in [-0.1, -0.05) is 0 Å². The third-order valence-corrected chi connectivity index (χ3v) is 2.69. The number of nitrogens with zero attached hydrogens (tertiary/aromatic N) is 2. The van der Waals surface area contributed by atoms with Crippen molar-refractivity contribution in [3.8, 4) is 11.5 Å². The number of carboxylic acids is 1. The second-order valence-electron chi connectivity index (χ2n) is 4.08. The Morgan fingerprint density at radius 1 is 1.15 bits per heavy atom. The first kappa shape index (κ1) is 12.2. The molecule has 0 unspecified atom stereocenters. The molecule has 1 aromatic carbocycles. The summed E-state index contributed by atoms with van der Waals surface area (Å²) in [5.41, 5.74) is 0.657. The van der Waals surface area contributed by atoms with Gasteiger partial charge in [-0.2, -0.15) is 0 Å². The van der Waals surface area contributed by atoms with E-state index >= 15 is 0 Å². The van der Waals surface area contributed by atoms with Crippen LogP contribution in [0.5, 0.6) is 11.5 Å². The molecule has 7 nitrogen and oxygen atoms in total. The van der Waals surface area contributed by atoms with Gasteiger partial charge >= 0.3 is 5.97 Å². The van der Waals surface area contributed by atoms with Gasteiger partial charge in [0.25, 0.3) is 0 Å². The summed E-state index contributed by atoms with van der Waals surface area (Å²) in [6, 6.07) is 5.41. The molecule has 1 aromatic heterocycles.